The molecule has 0 aliphatic rings. The molecule has 3 heterocycles. The molecule has 0 amide bonds. The van der Waals surface area contributed by atoms with Crippen molar-refractivity contribution < 1.29 is 13.9 Å². The number of carbonyl (C=O) groups is 1. The van der Waals surface area contributed by atoms with Gasteiger partial charge in [-0.05, 0) is 25.2 Å². The van der Waals surface area contributed by atoms with Crippen LogP contribution in [-0.4, -0.2) is 47.0 Å². The van der Waals surface area contributed by atoms with Gasteiger partial charge < -0.3 is 25.7 Å². The first-order valence-corrected chi connectivity index (χ1v) is 8.80. The topological polar surface area (TPSA) is 117 Å². The van der Waals surface area contributed by atoms with Crippen LogP contribution in [0.25, 0.3) is 21.9 Å². The number of rotatable bonds is 7. The molecule has 4 aromatic rings. The highest BCUT2D eigenvalue weighted by atomic mass is 19.1. The first-order valence-electron chi connectivity index (χ1n) is 8.80. The fourth-order valence-electron chi connectivity index (χ4n) is 3.05. The highest BCUT2D eigenvalue weighted by molar-refractivity contribution is 6.14. The van der Waals surface area contributed by atoms with Gasteiger partial charge >= 0.3 is 6.01 Å². The Balaban J connectivity index is 1.88. The van der Waals surface area contributed by atoms with Crippen molar-refractivity contribution in [2.45, 2.75) is 0 Å². The summed E-state index contributed by atoms with van der Waals surface area (Å²) < 4.78 is 19.8. The Morgan fingerprint density at radius 3 is 2.83 bits per heavy atom. The number of hydrogen-bond donors (Lipinski definition) is 4. The first kappa shape index (κ1) is 18.6. The lowest BCUT2D eigenvalue weighted by Gasteiger charge is -2.09. The number of aldehydes is 1. The van der Waals surface area contributed by atoms with Gasteiger partial charge in [0.2, 0.25) is 0 Å². The zero-order chi connectivity index (χ0) is 20.4. The number of hydrogen-bond acceptors (Lipinski definition) is 8. The van der Waals surface area contributed by atoms with Crippen molar-refractivity contribution >= 4 is 39.7 Å². The standard InChI is InChI=1S/C19H18FN7O2/c1-21-9-24-17-15-13-4-11(20)5-14(22-2)16(13)25-18(15)27-19(26-17)29-12-3-10(8-28)6-23-7-12/h3-8,21-22H,9H2,1-2H3,(H2,24,25,26,27). The van der Waals surface area contributed by atoms with Crippen LogP contribution in [0.3, 0.4) is 0 Å². The summed E-state index contributed by atoms with van der Waals surface area (Å²) in [6.07, 6.45) is 3.56. The van der Waals surface area contributed by atoms with Crippen LogP contribution in [0.15, 0.2) is 30.6 Å². The van der Waals surface area contributed by atoms with Gasteiger partial charge in [-0.1, -0.05) is 0 Å². The Bertz CT molecular complexity index is 1210. The molecular weight excluding hydrogens is 377 g/mol. The number of carbonyl (C=O) groups excluding carboxylic acids is 1. The van der Waals surface area contributed by atoms with E-state index in [9.17, 15) is 9.18 Å². The molecular formula is C19H18FN7O2. The maximum absolute atomic E-state index is 14.1. The van der Waals surface area contributed by atoms with Crippen LogP contribution in [0.1, 0.15) is 10.4 Å². The maximum Gasteiger partial charge on any atom is 0.326 e. The van der Waals surface area contributed by atoms with Crippen molar-refractivity contribution in [1.82, 2.24) is 25.3 Å². The van der Waals surface area contributed by atoms with Gasteiger partial charge in [0, 0.05) is 24.2 Å². The van der Waals surface area contributed by atoms with E-state index in [1.807, 2.05) is 0 Å². The first-order chi connectivity index (χ1) is 14.1. The molecule has 10 heteroatoms. The molecule has 1 aromatic carbocycles. The summed E-state index contributed by atoms with van der Waals surface area (Å²) in [5.41, 5.74) is 2.15. The highest BCUT2D eigenvalue weighted by Gasteiger charge is 2.17. The average molecular weight is 395 g/mol. The number of H-pyrrole nitrogens is 1. The molecule has 0 saturated carbocycles. The van der Waals surface area contributed by atoms with E-state index in [0.717, 1.165) is 0 Å². The summed E-state index contributed by atoms with van der Waals surface area (Å²) in [6, 6.07) is 4.42. The second-order valence-electron chi connectivity index (χ2n) is 6.21. The van der Waals surface area contributed by atoms with Crippen LogP contribution in [-0.2, 0) is 0 Å². The van der Waals surface area contributed by atoms with Gasteiger partial charge in [-0.25, -0.2) is 4.39 Å². The van der Waals surface area contributed by atoms with Gasteiger partial charge in [0.25, 0.3) is 0 Å². The van der Waals surface area contributed by atoms with E-state index in [1.165, 1.54) is 30.6 Å². The van der Waals surface area contributed by atoms with Crippen LogP contribution < -0.4 is 20.7 Å². The summed E-state index contributed by atoms with van der Waals surface area (Å²) in [5, 5.41) is 10.4. The third kappa shape index (κ3) is 3.52. The van der Waals surface area contributed by atoms with E-state index < -0.39 is 0 Å². The fraction of sp³-hybridized carbons (Fsp3) is 0.158. The molecule has 0 aliphatic heterocycles. The number of aromatic amines is 1. The van der Waals surface area contributed by atoms with Gasteiger partial charge in [-0.15, -0.1) is 0 Å². The zero-order valence-electron chi connectivity index (χ0n) is 15.7. The predicted molar refractivity (Wildman–Crippen MR) is 108 cm³/mol. The van der Waals surface area contributed by atoms with Crippen molar-refractivity contribution in [2.24, 2.45) is 0 Å². The Hall–Kier alpha value is -3.79. The summed E-state index contributed by atoms with van der Waals surface area (Å²) in [4.78, 5) is 27.0. The smallest absolute Gasteiger partial charge is 0.326 e. The van der Waals surface area contributed by atoms with E-state index in [-0.39, 0.29) is 11.8 Å². The summed E-state index contributed by atoms with van der Waals surface area (Å²) in [5.74, 6) is 0.420. The Morgan fingerprint density at radius 2 is 2.07 bits per heavy atom. The molecule has 4 N–H and O–H groups in total. The molecule has 0 aliphatic carbocycles. The molecule has 9 nitrogen and oxygen atoms in total. The molecule has 0 atom stereocenters. The number of halogens is 1. The van der Waals surface area contributed by atoms with E-state index in [1.54, 1.807) is 14.1 Å². The van der Waals surface area contributed by atoms with E-state index in [4.69, 9.17) is 4.74 Å². The van der Waals surface area contributed by atoms with Crippen molar-refractivity contribution in [1.29, 1.82) is 0 Å². The lowest BCUT2D eigenvalue weighted by Crippen LogP contribution is -2.17. The second-order valence-corrected chi connectivity index (χ2v) is 6.21. The predicted octanol–water partition coefficient (Wildman–Crippen LogP) is 2.88. The molecule has 0 unspecified atom stereocenters. The van der Waals surface area contributed by atoms with Gasteiger partial charge in [-0.3, -0.25) is 9.78 Å². The van der Waals surface area contributed by atoms with Crippen LogP contribution in [0, 0.1) is 5.82 Å². The van der Waals surface area contributed by atoms with E-state index in [0.29, 0.717) is 57.7 Å². The van der Waals surface area contributed by atoms with Crippen LogP contribution >= 0.6 is 0 Å². The van der Waals surface area contributed by atoms with E-state index in [2.05, 4.69) is 35.9 Å². The number of benzene rings is 1. The lowest BCUT2D eigenvalue weighted by atomic mass is 10.1. The summed E-state index contributed by atoms with van der Waals surface area (Å²) >= 11 is 0. The van der Waals surface area contributed by atoms with Crippen molar-refractivity contribution in [3.05, 3.63) is 42.0 Å². The van der Waals surface area contributed by atoms with Crippen LogP contribution in [0.4, 0.5) is 15.9 Å². The maximum atomic E-state index is 14.1. The number of pyridine rings is 1. The van der Waals surface area contributed by atoms with Crippen molar-refractivity contribution in [3.8, 4) is 11.8 Å². The van der Waals surface area contributed by atoms with Crippen LogP contribution in [0.2, 0.25) is 0 Å². The molecule has 3 aromatic heterocycles. The number of nitrogens with one attached hydrogen (secondary N) is 4. The number of ether oxygens (including phenoxy) is 1. The minimum atomic E-state index is -0.376. The molecule has 4 rings (SSSR count). The Morgan fingerprint density at radius 1 is 1.21 bits per heavy atom. The third-order valence-electron chi connectivity index (χ3n) is 4.29. The average Bonchev–Trinajstić information content (AvgIpc) is 3.09. The molecule has 148 valence electrons. The quantitative estimate of drug-likeness (QED) is 0.279. The third-order valence-corrected chi connectivity index (χ3v) is 4.29. The van der Waals surface area contributed by atoms with Gasteiger partial charge in [-0.2, -0.15) is 9.97 Å². The largest absolute Gasteiger partial charge is 0.423 e. The molecule has 0 spiro atoms. The second kappa shape index (κ2) is 7.68. The normalized spacial score (nSPS) is 11.0. The minimum Gasteiger partial charge on any atom is -0.423 e. The fourth-order valence-corrected chi connectivity index (χ4v) is 3.05. The Labute approximate surface area is 164 Å². The highest BCUT2D eigenvalue weighted by Crippen LogP contribution is 2.35. The summed E-state index contributed by atoms with van der Waals surface area (Å²) in [7, 11) is 3.50. The lowest BCUT2D eigenvalue weighted by molar-refractivity contribution is 0.112. The summed E-state index contributed by atoms with van der Waals surface area (Å²) in [6.45, 7) is 0.425. The van der Waals surface area contributed by atoms with Gasteiger partial charge in [0.05, 0.1) is 29.5 Å². The van der Waals surface area contributed by atoms with Gasteiger partial charge in [0.15, 0.2) is 6.29 Å². The molecule has 0 bridgehead atoms. The van der Waals surface area contributed by atoms with Crippen LogP contribution in [0.5, 0.6) is 11.8 Å². The molecule has 29 heavy (non-hydrogen) atoms. The Kier molecular flexibility index (Phi) is 4.92. The van der Waals surface area contributed by atoms with Crippen molar-refractivity contribution in [2.75, 3.05) is 31.4 Å². The van der Waals surface area contributed by atoms with Gasteiger partial charge in [0.1, 0.15) is 23.0 Å². The van der Waals surface area contributed by atoms with Crippen molar-refractivity contribution in [3.63, 3.8) is 0 Å². The molecule has 0 fully saturated rings. The SMILES string of the molecule is CNCNc1nc(Oc2cncc(C=O)c2)nc2[nH]c3c(NC)cc(F)cc3c12. The number of aromatic nitrogens is 4. The zero-order valence-corrected chi connectivity index (χ0v) is 15.7. The number of fused-ring (bicyclic) bond motifs is 3. The minimum absolute atomic E-state index is 0.0546. The monoisotopic (exact) mass is 395 g/mol. The van der Waals surface area contributed by atoms with E-state index >= 15 is 0 Å². The molecule has 0 radical (unpaired) electrons. The number of anilines is 2. The molecule has 0 saturated heterocycles. The number of nitrogens with zero attached hydrogens (tertiary/aromatic N) is 3.